The third-order valence-corrected chi connectivity index (χ3v) is 6.55. The van der Waals surface area contributed by atoms with E-state index in [9.17, 15) is 14.4 Å². The highest BCUT2D eigenvalue weighted by Gasteiger charge is 2.30. The van der Waals surface area contributed by atoms with Crippen LogP contribution in [0.3, 0.4) is 0 Å². The molecule has 194 valence electrons. The molecule has 1 aliphatic rings. The smallest absolute Gasteiger partial charge is 0.407 e. The topological polar surface area (TPSA) is 109 Å². The van der Waals surface area contributed by atoms with Crippen LogP contribution in [0.25, 0.3) is 0 Å². The number of benzene rings is 1. The predicted molar refractivity (Wildman–Crippen MR) is 141 cm³/mol. The van der Waals surface area contributed by atoms with Gasteiger partial charge in [-0.1, -0.05) is 34.1 Å². The Morgan fingerprint density at radius 1 is 1.06 bits per heavy atom. The molecule has 1 aromatic heterocycles. The van der Waals surface area contributed by atoms with Gasteiger partial charge < -0.3 is 20.7 Å². The Kier molecular flexibility index (Phi) is 9.87. The molecule has 1 atom stereocenters. The third kappa shape index (κ3) is 8.93. The number of nitrogens with zero attached hydrogens (tertiary/aromatic N) is 1. The molecule has 0 radical (unpaired) electrons. The first-order chi connectivity index (χ1) is 17.1. The maximum absolute atomic E-state index is 13.2. The summed E-state index contributed by atoms with van der Waals surface area (Å²) >= 11 is 3.45. The zero-order valence-electron chi connectivity index (χ0n) is 21.1. The molecule has 1 aromatic carbocycles. The number of rotatable bonds is 8. The molecule has 0 spiro atoms. The first-order valence-corrected chi connectivity index (χ1v) is 13.1. The highest BCUT2D eigenvalue weighted by molar-refractivity contribution is 9.10. The average molecular weight is 560 g/mol. The van der Waals surface area contributed by atoms with Crippen molar-refractivity contribution in [2.24, 2.45) is 11.8 Å². The molecule has 0 aliphatic heterocycles. The minimum atomic E-state index is -0.815. The second kappa shape index (κ2) is 12.9. The zero-order chi connectivity index (χ0) is 26.1. The normalized spacial score (nSPS) is 18.6. The summed E-state index contributed by atoms with van der Waals surface area (Å²) in [4.78, 5) is 42.5. The molecule has 1 unspecified atom stereocenters. The monoisotopic (exact) mass is 558 g/mol. The number of ether oxygens (including phenoxy) is 1. The molecule has 3 rings (SSSR count). The van der Waals surface area contributed by atoms with Gasteiger partial charge in [0.1, 0.15) is 11.6 Å². The second-order valence-corrected chi connectivity index (χ2v) is 11.1. The molecular weight excluding hydrogens is 524 g/mol. The summed E-state index contributed by atoms with van der Waals surface area (Å²) in [5.41, 5.74) is 0.907. The lowest BCUT2D eigenvalue weighted by molar-refractivity contribution is -0.132. The van der Waals surface area contributed by atoms with Crippen molar-refractivity contribution in [1.29, 1.82) is 0 Å². The fourth-order valence-corrected chi connectivity index (χ4v) is 4.62. The quantitative estimate of drug-likeness (QED) is 0.437. The summed E-state index contributed by atoms with van der Waals surface area (Å²) in [7, 11) is 0. The zero-order valence-corrected chi connectivity index (χ0v) is 22.6. The number of aromatic nitrogens is 1. The highest BCUT2D eigenvalue weighted by atomic mass is 79.9. The molecule has 9 heteroatoms. The van der Waals surface area contributed by atoms with Crippen LogP contribution in [0.2, 0.25) is 0 Å². The van der Waals surface area contributed by atoms with Gasteiger partial charge in [-0.05, 0) is 82.2 Å². The van der Waals surface area contributed by atoms with Gasteiger partial charge in [-0.25, -0.2) is 4.79 Å². The Bertz CT molecular complexity index is 1030. The molecule has 1 heterocycles. The van der Waals surface area contributed by atoms with E-state index in [1.807, 2.05) is 63.2 Å². The summed E-state index contributed by atoms with van der Waals surface area (Å²) in [5.74, 6) is -0.306. The number of nitrogens with one attached hydrogen (secondary N) is 3. The molecule has 2 aromatic rings. The fraction of sp³-hybridized carbons (Fsp3) is 0.481. The fourth-order valence-electron chi connectivity index (χ4n) is 4.20. The van der Waals surface area contributed by atoms with Gasteiger partial charge >= 0.3 is 6.09 Å². The first-order valence-electron chi connectivity index (χ1n) is 12.3. The number of hydrogen-bond acceptors (Lipinski definition) is 5. The largest absolute Gasteiger partial charge is 0.444 e. The lowest BCUT2D eigenvalue weighted by atomic mass is 9.81. The van der Waals surface area contributed by atoms with Crippen LogP contribution in [0.1, 0.15) is 63.8 Å². The van der Waals surface area contributed by atoms with Crippen molar-refractivity contribution in [2.75, 3.05) is 6.54 Å². The highest BCUT2D eigenvalue weighted by Crippen LogP contribution is 2.29. The van der Waals surface area contributed by atoms with Crippen LogP contribution in [0.15, 0.2) is 53.1 Å². The van der Waals surface area contributed by atoms with Gasteiger partial charge in [0.05, 0.1) is 12.2 Å². The molecule has 1 saturated carbocycles. The number of carbonyl (C=O) groups is 3. The molecule has 1 aliphatic carbocycles. The Balaban J connectivity index is 1.55. The predicted octanol–water partition coefficient (Wildman–Crippen LogP) is 4.65. The van der Waals surface area contributed by atoms with Crippen molar-refractivity contribution in [3.8, 4) is 0 Å². The summed E-state index contributed by atoms with van der Waals surface area (Å²) in [6.45, 7) is 6.29. The Morgan fingerprint density at radius 2 is 1.81 bits per heavy atom. The van der Waals surface area contributed by atoms with E-state index in [-0.39, 0.29) is 24.3 Å². The molecule has 3 N–H and O–H groups in total. The molecule has 0 saturated heterocycles. The van der Waals surface area contributed by atoms with Crippen LogP contribution in [-0.2, 0) is 20.9 Å². The van der Waals surface area contributed by atoms with E-state index >= 15 is 0 Å². The van der Waals surface area contributed by atoms with Crippen molar-refractivity contribution < 1.29 is 19.1 Å². The standard InChI is InChI=1S/C27H35BrN4O4/c1-27(2,3)36-26(35)31-16-18-10-12-19(13-11-18)24(33)32-23(20-7-6-8-21(28)15-20)25(34)30-17-22-9-4-5-14-29-22/h4-9,14-15,18-19,23H,10-13,16-17H2,1-3H3,(H,30,34)(H,31,35)(H,32,33)/t18-,19-,23?. The van der Waals surface area contributed by atoms with Crippen LogP contribution >= 0.6 is 15.9 Å². The first kappa shape index (κ1) is 27.6. The minimum Gasteiger partial charge on any atom is -0.444 e. The van der Waals surface area contributed by atoms with Crippen LogP contribution in [0.5, 0.6) is 0 Å². The molecule has 8 nitrogen and oxygen atoms in total. The van der Waals surface area contributed by atoms with Gasteiger partial charge in [-0.2, -0.15) is 0 Å². The average Bonchev–Trinajstić information content (AvgIpc) is 2.84. The van der Waals surface area contributed by atoms with Gasteiger partial charge in [-0.15, -0.1) is 0 Å². The molecule has 3 amide bonds. The van der Waals surface area contributed by atoms with E-state index in [0.717, 1.165) is 23.0 Å². The molecule has 36 heavy (non-hydrogen) atoms. The van der Waals surface area contributed by atoms with Gasteiger partial charge in [0, 0.05) is 23.1 Å². The van der Waals surface area contributed by atoms with Gasteiger partial charge in [0.25, 0.3) is 0 Å². The van der Waals surface area contributed by atoms with E-state index in [1.165, 1.54) is 0 Å². The van der Waals surface area contributed by atoms with Gasteiger partial charge in [0.2, 0.25) is 11.8 Å². The van der Waals surface area contributed by atoms with Gasteiger partial charge in [0.15, 0.2) is 0 Å². The minimum absolute atomic E-state index is 0.133. The number of hydrogen-bond donors (Lipinski definition) is 3. The second-order valence-electron chi connectivity index (χ2n) is 10.1. The summed E-state index contributed by atoms with van der Waals surface area (Å²) in [6.07, 6.45) is 4.30. The number of amides is 3. The van der Waals surface area contributed by atoms with E-state index in [1.54, 1.807) is 6.20 Å². The van der Waals surface area contributed by atoms with E-state index in [0.29, 0.717) is 30.9 Å². The van der Waals surface area contributed by atoms with Crippen LogP contribution in [0.4, 0.5) is 4.79 Å². The summed E-state index contributed by atoms with van der Waals surface area (Å²) in [5, 5.41) is 8.70. The van der Waals surface area contributed by atoms with Crippen molar-refractivity contribution >= 4 is 33.8 Å². The Hall–Kier alpha value is -2.94. The number of alkyl carbamates (subject to hydrolysis) is 1. The molecular formula is C27H35BrN4O4. The van der Waals surface area contributed by atoms with E-state index in [4.69, 9.17) is 4.74 Å². The van der Waals surface area contributed by atoms with Crippen molar-refractivity contribution in [3.05, 3.63) is 64.4 Å². The van der Waals surface area contributed by atoms with Crippen molar-refractivity contribution in [3.63, 3.8) is 0 Å². The lowest BCUT2D eigenvalue weighted by Gasteiger charge is -2.29. The SMILES string of the molecule is CC(C)(C)OC(=O)NC[C@H]1CC[C@H](C(=O)NC(C(=O)NCc2ccccn2)c2cccc(Br)c2)CC1. The Labute approximate surface area is 221 Å². The summed E-state index contributed by atoms with van der Waals surface area (Å²) in [6, 6.07) is 12.1. The lowest BCUT2D eigenvalue weighted by Crippen LogP contribution is -2.43. The van der Waals surface area contributed by atoms with Crippen molar-refractivity contribution in [1.82, 2.24) is 20.9 Å². The van der Waals surface area contributed by atoms with E-state index < -0.39 is 17.7 Å². The number of pyridine rings is 1. The van der Waals surface area contributed by atoms with Crippen LogP contribution < -0.4 is 16.0 Å². The maximum atomic E-state index is 13.2. The number of halogens is 1. The van der Waals surface area contributed by atoms with E-state index in [2.05, 4.69) is 36.9 Å². The summed E-state index contributed by atoms with van der Waals surface area (Å²) < 4.78 is 6.12. The Morgan fingerprint density at radius 3 is 2.44 bits per heavy atom. The third-order valence-electron chi connectivity index (χ3n) is 6.05. The molecule has 0 bridgehead atoms. The van der Waals surface area contributed by atoms with Gasteiger partial charge in [-0.3, -0.25) is 14.6 Å². The van der Waals surface area contributed by atoms with Crippen molar-refractivity contribution in [2.45, 2.75) is 64.6 Å². The number of carbonyl (C=O) groups excluding carboxylic acids is 3. The van der Waals surface area contributed by atoms with Crippen LogP contribution in [-0.4, -0.2) is 35.0 Å². The maximum Gasteiger partial charge on any atom is 0.407 e. The molecule has 1 fully saturated rings. The van der Waals surface area contributed by atoms with Crippen LogP contribution in [0, 0.1) is 11.8 Å².